The zero-order chi connectivity index (χ0) is 20.8. The summed E-state index contributed by atoms with van der Waals surface area (Å²) in [6.07, 6.45) is -3.00. The third-order valence-corrected chi connectivity index (χ3v) is 5.72. The summed E-state index contributed by atoms with van der Waals surface area (Å²) in [4.78, 5) is 38.9. The molecule has 8 nitrogen and oxygen atoms in total. The van der Waals surface area contributed by atoms with Crippen LogP contribution in [0.3, 0.4) is 0 Å². The zero-order valence-electron chi connectivity index (χ0n) is 15.7. The molecule has 2 saturated heterocycles. The fourth-order valence-corrected chi connectivity index (χ4v) is 4.26. The van der Waals surface area contributed by atoms with Gasteiger partial charge in [0.25, 0.3) is 5.91 Å². The number of likely N-dealkylation sites (tertiary alicyclic amines) is 1. The van der Waals surface area contributed by atoms with Gasteiger partial charge in [-0.1, -0.05) is 6.07 Å². The van der Waals surface area contributed by atoms with Crippen LogP contribution in [0.5, 0.6) is 11.5 Å². The number of nitrogens with one attached hydrogen (secondary N) is 1. The average molecular weight is 410 g/mol. The lowest BCUT2D eigenvalue weighted by molar-refractivity contribution is -0.286. The smallest absolute Gasteiger partial charge is 0.465 e. The van der Waals surface area contributed by atoms with Crippen molar-refractivity contribution in [3.05, 3.63) is 23.8 Å². The van der Waals surface area contributed by atoms with E-state index in [1.54, 1.807) is 6.92 Å². The molecule has 3 aliphatic rings. The first kappa shape index (κ1) is 19.4. The average Bonchev–Trinajstić information content (AvgIpc) is 3.16. The third kappa shape index (κ3) is 3.26. The van der Waals surface area contributed by atoms with Crippen molar-refractivity contribution in [2.45, 2.75) is 26.1 Å². The van der Waals surface area contributed by atoms with Crippen molar-refractivity contribution in [2.24, 2.45) is 11.3 Å². The van der Waals surface area contributed by atoms with Crippen LogP contribution < -0.4 is 14.8 Å². The molecular weight excluding hydrogens is 390 g/mol. The highest BCUT2D eigenvalue weighted by Crippen LogP contribution is 2.45. The van der Waals surface area contributed by atoms with Crippen LogP contribution in [0.1, 0.15) is 30.1 Å². The first-order chi connectivity index (χ1) is 13.8. The minimum Gasteiger partial charge on any atom is -0.465 e. The summed E-state index contributed by atoms with van der Waals surface area (Å²) in [5.74, 6) is -2.78. The van der Waals surface area contributed by atoms with E-state index < -0.39 is 29.5 Å². The van der Waals surface area contributed by atoms with E-state index in [1.165, 1.54) is 23.1 Å². The van der Waals surface area contributed by atoms with Gasteiger partial charge in [-0.3, -0.25) is 14.4 Å². The zero-order valence-corrected chi connectivity index (χ0v) is 15.7. The third-order valence-electron chi connectivity index (χ3n) is 5.72. The second-order valence-electron chi connectivity index (χ2n) is 7.36. The topological polar surface area (TPSA) is 94.2 Å². The largest absolute Gasteiger partial charge is 0.586 e. The molecule has 156 valence electrons. The molecule has 1 aromatic carbocycles. The summed E-state index contributed by atoms with van der Waals surface area (Å²) < 4.78 is 40.7. The molecule has 0 saturated carbocycles. The SMILES string of the molecule is CCOC(=O)C1C(=O)NCC12CCN(C(=O)c1cccc3c1OC(F)(F)O3)CC2. The van der Waals surface area contributed by atoms with Gasteiger partial charge in [0.2, 0.25) is 5.91 Å². The molecular formula is C19H20F2N2O6. The van der Waals surface area contributed by atoms with Crippen LogP contribution in [0.25, 0.3) is 0 Å². The van der Waals surface area contributed by atoms with Gasteiger partial charge in [-0.2, -0.15) is 0 Å². The quantitative estimate of drug-likeness (QED) is 0.600. The van der Waals surface area contributed by atoms with E-state index >= 15 is 0 Å². The van der Waals surface area contributed by atoms with Crippen molar-refractivity contribution >= 4 is 17.8 Å². The van der Waals surface area contributed by atoms with Crippen molar-refractivity contribution in [2.75, 3.05) is 26.2 Å². The Balaban J connectivity index is 1.50. The second kappa shape index (κ2) is 6.85. The number of carbonyl (C=O) groups is 3. The maximum absolute atomic E-state index is 13.4. The molecule has 0 aliphatic carbocycles. The van der Waals surface area contributed by atoms with Gasteiger partial charge in [-0.25, -0.2) is 0 Å². The number of carbonyl (C=O) groups excluding carboxylic acids is 3. The van der Waals surface area contributed by atoms with Gasteiger partial charge in [0.05, 0.1) is 12.2 Å². The predicted molar refractivity (Wildman–Crippen MR) is 93.3 cm³/mol. The van der Waals surface area contributed by atoms with E-state index in [9.17, 15) is 23.2 Å². The lowest BCUT2D eigenvalue weighted by Crippen LogP contribution is -2.48. The van der Waals surface area contributed by atoms with Crippen molar-refractivity contribution in [1.82, 2.24) is 10.2 Å². The molecule has 10 heteroatoms. The molecule has 0 bridgehead atoms. The number of hydrogen-bond acceptors (Lipinski definition) is 6. The lowest BCUT2D eigenvalue weighted by atomic mass is 9.70. The summed E-state index contributed by atoms with van der Waals surface area (Å²) in [5.41, 5.74) is -0.635. The van der Waals surface area contributed by atoms with Crippen LogP contribution in [0.15, 0.2) is 18.2 Å². The first-order valence-electron chi connectivity index (χ1n) is 9.39. The molecule has 0 aromatic heterocycles. The number of benzene rings is 1. The molecule has 3 aliphatic heterocycles. The van der Waals surface area contributed by atoms with Gasteiger partial charge in [-0.15, -0.1) is 8.78 Å². The Hall–Kier alpha value is -2.91. The number of ether oxygens (including phenoxy) is 3. The Morgan fingerprint density at radius 1 is 1.28 bits per heavy atom. The van der Waals surface area contributed by atoms with E-state index in [0.29, 0.717) is 19.4 Å². The van der Waals surface area contributed by atoms with Crippen LogP contribution >= 0.6 is 0 Å². The molecule has 1 aromatic rings. The molecule has 29 heavy (non-hydrogen) atoms. The summed E-state index contributed by atoms with van der Waals surface area (Å²) >= 11 is 0. The summed E-state index contributed by atoms with van der Waals surface area (Å²) in [6.45, 7) is 2.72. The van der Waals surface area contributed by atoms with Crippen molar-refractivity contribution in [1.29, 1.82) is 0 Å². The maximum atomic E-state index is 13.4. The Bertz CT molecular complexity index is 866. The monoisotopic (exact) mass is 410 g/mol. The number of rotatable bonds is 3. The van der Waals surface area contributed by atoms with Gasteiger partial charge >= 0.3 is 12.3 Å². The highest BCUT2D eigenvalue weighted by atomic mass is 19.3. The number of amides is 2. The Morgan fingerprint density at radius 3 is 2.69 bits per heavy atom. The predicted octanol–water partition coefficient (Wildman–Crippen LogP) is 1.54. The van der Waals surface area contributed by atoms with E-state index in [-0.39, 0.29) is 42.7 Å². The van der Waals surface area contributed by atoms with Gasteiger partial charge < -0.3 is 24.4 Å². The highest BCUT2D eigenvalue weighted by Gasteiger charge is 2.54. The number of fused-ring (bicyclic) bond motifs is 1. The standard InChI is InChI=1S/C19H20F2N2O6/c1-2-27-17(26)13-15(24)22-10-18(13)6-8-23(9-7-18)16(25)11-4-3-5-12-14(11)29-19(20,21)28-12/h3-5,13H,2,6-10H2,1H3,(H,22,24). The lowest BCUT2D eigenvalue weighted by Gasteiger charge is -2.40. The number of nitrogens with zero attached hydrogens (tertiary/aromatic N) is 1. The first-order valence-corrected chi connectivity index (χ1v) is 9.39. The van der Waals surface area contributed by atoms with Crippen LogP contribution in [0.4, 0.5) is 8.78 Å². The van der Waals surface area contributed by atoms with E-state index in [0.717, 1.165) is 0 Å². The molecule has 1 atom stereocenters. The molecule has 2 amide bonds. The number of alkyl halides is 2. The summed E-state index contributed by atoms with van der Waals surface area (Å²) in [7, 11) is 0. The summed E-state index contributed by atoms with van der Waals surface area (Å²) in [6, 6.07) is 4.15. The molecule has 1 unspecified atom stereocenters. The number of esters is 1. The second-order valence-corrected chi connectivity index (χ2v) is 7.36. The van der Waals surface area contributed by atoms with Crippen LogP contribution in [-0.4, -0.2) is 55.2 Å². The summed E-state index contributed by atoms with van der Waals surface area (Å²) in [5, 5.41) is 2.73. The number of hydrogen-bond donors (Lipinski definition) is 1. The number of halogens is 2. The molecule has 1 N–H and O–H groups in total. The van der Waals surface area contributed by atoms with E-state index in [4.69, 9.17) is 4.74 Å². The van der Waals surface area contributed by atoms with Crippen molar-refractivity contribution < 1.29 is 37.4 Å². The van der Waals surface area contributed by atoms with Gasteiger partial charge in [0, 0.05) is 25.0 Å². The minimum atomic E-state index is -3.81. The normalized spacial score (nSPS) is 23.8. The van der Waals surface area contributed by atoms with E-state index in [2.05, 4.69) is 14.8 Å². The van der Waals surface area contributed by atoms with Crippen LogP contribution in [-0.2, 0) is 14.3 Å². The number of piperidine rings is 1. The Labute approximate surface area is 165 Å². The van der Waals surface area contributed by atoms with Crippen molar-refractivity contribution in [3.63, 3.8) is 0 Å². The van der Waals surface area contributed by atoms with E-state index in [1.807, 2.05) is 0 Å². The molecule has 0 radical (unpaired) electrons. The molecule has 4 rings (SSSR count). The van der Waals surface area contributed by atoms with Gasteiger partial charge in [0.1, 0.15) is 5.92 Å². The van der Waals surface area contributed by atoms with Crippen LogP contribution in [0.2, 0.25) is 0 Å². The van der Waals surface area contributed by atoms with Crippen molar-refractivity contribution in [3.8, 4) is 11.5 Å². The minimum absolute atomic E-state index is 0.0156. The molecule has 1 spiro atoms. The maximum Gasteiger partial charge on any atom is 0.586 e. The Morgan fingerprint density at radius 2 is 2.00 bits per heavy atom. The Kier molecular flexibility index (Phi) is 4.59. The fraction of sp³-hybridized carbons (Fsp3) is 0.526. The fourth-order valence-electron chi connectivity index (χ4n) is 4.26. The molecule has 2 fully saturated rings. The van der Waals surface area contributed by atoms with Gasteiger partial charge in [0.15, 0.2) is 11.5 Å². The number of para-hydroxylation sites is 1. The van der Waals surface area contributed by atoms with Gasteiger partial charge in [-0.05, 0) is 31.9 Å². The molecule has 3 heterocycles. The highest BCUT2D eigenvalue weighted by molar-refractivity contribution is 6.01. The van der Waals surface area contributed by atoms with Crippen LogP contribution in [0, 0.1) is 11.3 Å².